The topological polar surface area (TPSA) is 58.6 Å². The minimum Gasteiger partial charge on any atom is -0.378 e. The molecule has 1 unspecified atom stereocenters. The minimum absolute atomic E-state index is 0.101. The summed E-state index contributed by atoms with van der Waals surface area (Å²) in [5.41, 5.74) is 0. The van der Waals surface area contributed by atoms with Crippen molar-refractivity contribution >= 4 is 21.4 Å². The highest BCUT2D eigenvalue weighted by atomic mass is 32.2. The highest BCUT2D eigenvalue weighted by molar-refractivity contribution is 7.89. The number of ether oxygens (including phenoxy) is 1. The van der Waals surface area contributed by atoms with E-state index in [9.17, 15) is 8.42 Å². The third-order valence-corrected chi connectivity index (χ3v) is 5.97. The second-order valence-corrected chi connectivity index (χ2v) is 7.21. The molecule has 0 radical (unpaired) electrons. The van der Waals surface area contributed by atoms with Crippen molar-refractivity contribution < 1.29 is 13.2 Å². The van der Waals surface area contributed by atoms with Crippen molar-refractivity contribution in [2.75, 3.05) is 26.8 Å². The van der Waals surface area contributed by atoms with Gasteiger partial charge in [-0.2, -0.15) is 4.31 Å². The Kier molecular flexibility index (Phi) is 4.39. The van der Waals surface area contributed by atoms with Crippen molar-refractivity contribution in [2.45, 2.75) is 24.4 Å². The Morgan fingerprint density at radius 2 is 2.39 bits per heavy atom. The largest absolute Gasteiger partial charge is 0.378 e. The van der Waals surface area contributed by atoms with E-state index in [1.165, 1.54) is 15.6 Å². The fourth-order valence-corrected chi connectivity index (χ4v) is 4.84. The summed E-state index contributed by atoms with van der Waals surface area (Å²) in [6, 6.07) is 1.65. The summed E-state index contributed by atoms with van der Waals surface area (Å²) in [6.07, 6.45) is 0. The molecule has 1 aromatic heterocycles. The lowest BCUT2D eigenvalue weighted by Gasteiger charge is -2.31. The molecule has 0 amide bonds. The predicted octanol–water partition coefficient (Wildman–Crippen LogP) is 0.877. The van der Waals surface area contributed by atoms with Gasteiger partial charge in [0, 0.05) is 29.4 Å². The molecule has 2 heterocycles. The van der Waals surface area contributed by atoms with E-state index < -0.39 is 10.0 Å². The maximum Gasteiger partial charge on any atom is 0.244 e. The van der Waals surface area contributed by atoms with Crippen LogP contribution in [0.25, 0.3) is 0 Å². The fourth-order valence-electron chi connectivity index (χ4n) is 1.97. The van der Waals surface area contributed by atoms with Gasteiger partial charge in [-0.25, -0.2) is 8.42 Å². The number of sulfonamides is 1. The van der Waals surface area contributed by atoms with Crippen LogP contribution in [0, 0.1) is 0 Å². The lowest BCUT2D eigenvalue weighted by molar-refractivity contribution is 0.0393. The van der Waals surface area contributed by atoms with Gasteiger partial charge in [0.2, 0.25) is 10.0 Å². The first-order chi connectivity index (χ1) is 8.55. The van der Waals surface area contributed by atoms with Crippen LogP contribution in [0.3, 0.4) is 0 Å². The summed E-state index contributed by atoms with van der Waals surface area (Å²) in [5.74, 6) is 0. The maximum atomic E-state index is 12.5. The van der Waals surface area contributed by atoms with Gasteiger partial charge < -0.3 is 10.1 Å². The summed E-state index contributed by atoms with van der Waals surface area (Å²) in [6.45, 7) is 3.93. The third kappa shape index (κ3) is 2.75. The average molecular weight is 290 g/mol. The monoisotopic (exact) mass is 290 g/mol. The van der Waals surface area contributed by atoms with Crippen LogP contribution in [0.15, 0.2) is 16.3 Å². The van der Waals surface area contributed by atoms with Crippen molar-refractivity contribution in [1.29, 1.82) is 0 Å². The molecule has 5 nitrogen and oxygen atoms in total. The molecular formula is C11H18N2O3S2. The molecule has 1 aliphatic rings. The first kappa shape index (κ1) is 14.0. The van der Waals surface area contributed by atoms with E-state index in [-0.39, 0.29) is 6.04 Å². The zero-order chi connectivity index (χ0) is 13.2. The van der Waals surface area contributed by atoms with E-state index >= 15 is 0 Å². The molecule has 102 valence electrons. The van der Waals surface area contributed by atoms with Gasteiger partial charge in [0.05, 0.1) is 18.1 Å². The van der Waals surface area contributed by atoms with Crippen molar-refractivity contribution in [3.8, 4) is 0 Å². The van der Waals surface area contributed by atoms with Gasteiger partial charge in [-0.05, 0) is 20.0 Å². The smallest absolute Gasteiger partial charge is 0.244 e. The molecule has 1 N–H and O–H groups in total. The lowest BCUT2D eigenvalue weighted by Crippen LogP contribution is -2.46. The molecule has 7 heteroatoms. The molecular weight excluding hydrogens is 272 g/mol. The zero-order valence-electron chi connectivity index (χ0n) is 10.5. The highest BCUT2D eigenvalue weighted by Crippen LogP contribution is 2.25. The van der Waals surface area contributed by atoms with Crippen LogP contribution in [-0.2, 0) is 21.3 Å². The van der Waals surface area contributed by atoms with Gasteiger partial charge in [0.15, 0.2) is 0 Å². The maximum absolute atomic E-state index is 12.5. The number of hydrogen-bond acceptors (Lipinski definition) is 5. The Morgan fingerprint density at radius 1 is 1.61 bits per heavy atom. The number of nitrogens with zero attached hydrogens (tertiary/aromatic N) is 1. The normalized spacial score (nSPS) is 22.2. The predicted molar refractivity (Wildman–Crippen MR) is 71.3 cm³/mol. The molecule has 0 aliphatic carbocycles. The molecule has 0 aromatic carbocycles. The van der Waals surface area contributed by atoms with E-state index in [4.69, 9.17) is 4.74 Å². The van der Waals surface area contributed by atoms with Crippen LogP contribution < -0.4 is 5.32 Å². The average Bonchev–Trinajstić information content (AvgIpc) is 2.79. The van der Waals surface area contributed by atoms with Crippen LogP contribution in [0.4, 0.5) is 0 Å². The Balaban J connectivity index is 2.23. The van der Waals surface area contributed by atoms with Gasteiger partial charge in [0.25, 0.3) is 0 Å². The number of thiophene rings is 1. The SMILES string of the molecule is CNCc1cc(S(=O)(=O)N2CCOCC2C)cs1. The Bertz CT molecular complexity index is 498. The Hall–Kier alpha value is -0.470. The van der Waals surface area contributed by atoms with Crippen molar-refractivity contribution in [2.24, 2.45) is 0 Å². The van der Waals surface area contributed by atoms with Crippen LogP contribution in [0.5, 0.6) is 0 Å². The molecule has 1 atom stereocenters. The second-order valence-electron chi connectivity index (χ2n) is 4.32. The lowest BCUT2D eigenvalue weighted by atomic mass is 10.3. The van der Waals surface area contributed by atoms with Crippen LogP contribution in [0.2, 0.25) is 0 Å². The molecule has 1 saturated heterocycles. The van der Waals surface area contributed by atoms with Crippen LogP contribution in [0.1, 0.15) is 11.8 Å². The first-order valence-corrected chi connectivity index (χ1v) is 8.19. The second kappa shape index (κ2) is 5.66. The summed E-state index contributed by atoms with van der Waals surface area (Å²) >= 11 is 1.47. The van der Waals surface area contributed by atoms with Crippen molar-refractivity contribution in [3.05, 3.63) is 16.3 Å². The molecule has 1 fully saturated rings. The summed E-state index contributed by atoms with van der Waals surface area (Å²) < 4.78 is 31.7. The molecule has 2 rings (SSSR count). The Morgan fingerprint density at radius 3 is 3.06 bits per heavy atom. The number of morpholine rings is 1. The minimum atomic E-state index is -3.37. The molecule has 1 aliphatic heterocycles. The number of rotatable bonds is 4. The number of nitrogens with one attached hydrogen (secondary N) is 1. The standard InChI is InChI=1S/C11H18N2O3S2/c1-9-7-16-4-3-13(9)18(14,15)11-5-10(6-12-2)17-8-11/h5,8-9,12H,3-4,6-7H2,1-2H3. The molecule has 0 bridgehead atoms. The van der Waals surface area contributed by atoms with Gasteiger partial charge >= 0.3 is 0 Å². The summed E-state index contributed by atoms with van der Waals surface area (Å²) in [4.78, 5) is 1.42. The van der Waals surface area contributed by atoms with Crippen LogP contribution >= 0.6 is 11.3 Å². The van der Waals surface area contributed by atoms with Crippen LogP contribution in [-0.4, -0.2) is 45.6 Å². The quantitative estimate of drug-likeness (QED) is 0.894. The van der Waals surface area contributed by atoms with Gasteiger partial charge in [-0.1, -0.05) is 0 Å². The van der Waals surface area contributed by atoms with Crippen molar-refractivity contribution in [3.63, 3.8) is 0 Å². The molecule has 18 heavy (non-hydrogen) atoms. The van der Waals surface area contributed by atoms with E-state index in [1.807, 2.05) is 14.0 Å². The number of hydrogen-bond donors (Lipinski definition) is 1. The zero-order valence-corrected chi connectivity index (χ0v) is 12.2. The van der Waals surface area contributed by atoms with E-state index in [0.717, 1.165) is 4.88 Å². The molecule has 1 aromatic rings. The van der Waals surface area contributed by atoms with E-state index in [2.05, 4.69) is 5.32 Å². The summed E-state index contributed by atoms with van der Waals surface area (Å²) in [5, 5.41) is 4.73. The van der Waals surface area contributed by atoms with Gasteiger partial charge in [-0.3, -0.25) is 0 Å². The van der Waals surface area contributed by atoms with Gasteiger partial charge in [0.1, 0.15) is 0 Å². The van der Waals surface area contributed by atoms with Gasteiger partial charge in [-0.15, -0.1) is 11.3 Å². The van der Waals surface area contributed by atoms with Crippen molar-refractivity contribution in [1.82, 2.24) is 9.62 Å². The van der Waals surface area contributed by atoms with E-state index in [0.29, 0.717) is 31.2 Å². The molecule has 0 spiro atoms. The third-order valence-electron chi connectivity index (χ3n) is 2.89. The fraction of sp³-hybridized carbons (Fsp3) is 0.636. The first-order valence-electron chi connectivity index (χ1n) is 5.87. The highest BCUT2D eigenvalue weighted by Gasteiger charge is 2.32. The van der Waals surface area contributed by atoms with E-state index in [1.54, 1.807) is 11.4 Å². The molecule has 0 saturated carbocycles. The Labute approximate surface area is 112 Å². The summed E-state index contributed by atoms with van der Waals surface area (Å²) in [7, 11) is -1.53.